The van der Waals surface area contributed by atoms with Crippen LogP contribution in [0.2, 0.25) is 0 Å². The number of nitrogens with zero attached hydrogens (tertiary/aromatic N) is 1. The molecule has 0 atom stereocenters. The first-order valence-electron chi connectivity index (χ1n) is 8.01. The topological polar surface area (TPSA) is 27.3 Å². The Balaban J connectivity index is 1.99. The predicted octanol–water partition coefficient (Wildman–Crippen LogP) is 5.04. The Morgan fingerprint density at radius 1 is 1.04 bits per heavy atom. The van der Waals surface area contributed by atoms with Crippen molar-refractivity contribution in [1.82, 2.24) is 0 Å². The molecule has 122 valence electrons. The van der Waals surface area contributed by atoms with E-state index in [0.717, 1.165) is 17.9 Å². The van der Waals surface area contributed by atoms with Crippen molar-refractivity contribution in [1.29, 1.82) is 0 Å². The molecule has 2 aromatic rings. The van der Waals surface area contributed by atoms with Crippen LogP contribution in [0.3, 0.4) is 0 Å². The minimum absolute atomic E-state index is 0.489. The lowest BCUT2D eigenvalue weighted by atomic mass is 10.2. The number of hydrogen-bond donors (Lipinski definition) is 2. The third-order valence-corrected chi connectivity index (χ3v) is 3.90. The van der Waals surface area contributed by atoms with Gasteiger partial charge in [0.1, 0.15) is 0 Å². The van der Waals surface area contributed by atoms with Gasteiger partial charge in [0.15, 0.2) is 5.11 Å². The molecule has 0 saturated carbocycles. The summed E-state index contributed by atoms with van der Waals surface area (Å²) in [6.45, 7) is 9.65. The summed E-state index contributed by atoms with van der Waals surface area (Å²) in [5, 5.41) is 7.03. The van der Waals surface area contributed by atoms with E-state index in [0.29, 0.717) is 11.2 Å². The first-order chi connectivity index (χ1) is 11.0. The number of thiocarbonyl (C=S) groups is 1. The zero-order valence-electron chi connectivity index (χ0n) is 14.3. The summed E-state index contributed by atoms with van der Waals surface area (Å²) in [6, 6.07) is 17.0. The van der Waals surface area contributed by atoms with Crippen molar-refractivity contribution in [3.8, 4) is 0 Å². The molecule has 0 unspecified atom stereocenters. The van der Waals surface area contributed by atoms with Gasteiger partial charge in [0, 0.05) is 29.6 Å². The quantitative estimate of drug-likeness (QED) is 0.753. The van der Waals surface area contributed by atoms with E-state index in [1.807, 2.05) is 12.1 Å². The molecule has 0 bridgehead atoms. The van der Waals surface area contributed by atoms with Crippen molar-refractivity contribution in [3.63, 3.8) is 0 Å². The molecule has 0 spiro atoms. The van der Waals surface area contributed by atoms with Crippen LogP contribution in [0.25, 0.3) is 0 Å². The molecule has 23 heavy (non-hydrogen) atoms. The lowest BCUT2D eigenvalue weighted by molar-refractivity contribution is 0.704. The zero-order chi connectivity index (χ0) is 16.8. The van der Waals surface area contributed by atoms with Crippen molar-refractivity contribution < 1.29 is 0 Å². The fourth-order valence-corrected chi connectivity index (χ4v) is 2.83. The molecule has 4 heteroatoms. The van der Waals surface area contributed by atoms with Crippen LogP contribution in [0, 0.1) is 6.92 Å². The molecule has 0 radical (unpaired) electrons. The van der Waals surface area contributed by atoms with Crippen LogP contribution < -0.4 is 15.5 Å². The van der Waals surface area contributed by atoms with Crippen LogP contribution in [-0.4, -0.2) is 17.7 Å². The Morgan fingerprint density at radius 3 is 2.26 bits per heavy atom. The average molecular weight is 327 g/mol. The highest BCUT2D eigenvalue weighted by molar-refractivity contribution is 7.80. The Bertz CT molecular complexity index is 650. The standard InChI is InChI=1S/C19H25N3S/c1-5-22(14(2)3)18-11-9-16(10-12-18)20-19(23)21-17-8-6-7-15(4)13-17/h6-14H,5H2,1-4H3,(H2,20,21,23). The fourth-order valence-electron chi connectivity index (χ4n) is 2.60. The molecule has 0 aliphatic heterocycles. The second-order valence-electron chi connectivity index (χ2n) is 5.88. The summed E-state index contributed by atoms with van der Waals surface area (Å²) >= 11 is 5.38. The van der Waals surface area contributed by atoms with E-state index in [9.17, 15) is 0 Å². The molecule has 2 aromatic carbocycles. The molecular formula is C19H25N3S. The van der Waals surface area contributed by atoms with Crippen LogP contribution in [0.4, 0.5) is 17.1 Å². The Kier molecular flexibility index (Phi) is 5.99. The van der Waals surface area contributed by atoms with Crippen LogP contribution in [0.5, 0.6) is 0 Å². The highest BCUT2D eigenvalue weighted by Crippen LogP contribution is 2.20. The maximum atomic E-state index is 5.38. The summed E-state index contributed by atoms with van der Waals surface area (Å²) in [4.78, 5) is 2.35. The molecule has 0 amide bonds. The van der Waals surface area contributed by atoms with Crippen LogP contribution in [0.15, 0.2) is 48.5 Å². The van der Waals surface area contributed by atoms with Crippen molar-refractivity contribution in [3.05, 3.63) is 54.1 Å². The molecule has 3 nitrogen and oxygen atoms in total. The number of anilines is 3. The largest absolute Gasteiger partial charge is 0.369 e. The number of nitrogens with one attached hydrogen (secondary N) is 2. The molecular weight excluding hydrogens is 302 g/mol. The van der Waals surface area contributed by atoms with E-state index in [4.69, 9.17) is 12.2 Å². The van der Waals surface area contributed by atoms with Crippen LogP contribution >= 0.6 is 12.2 Å². The molecule has 0 aliphatic rings. The van der Waals surface area contributed by atoms with Gasteiger partial charge in [-0.2, -0.15) is 0 Å². The normalized spacial score (nSPS) is 10.5. The average Bonchev–Trinajstić information content (AvgIpc) is 2.49. The Hall–Kier alpha value is -2.07. The lowest BCUT2D eigenvalue weighted by Gasteiger charge is -2.27. The summed E-state index contributed by atoms with van der Waals surface area (Å²) in [6.07, 6.45) is 0. The number of rotatable bonds is 5. The van der Waals surface area contributed by atoms with E-state index in [1.165, 1.54) is 11.3 Å². The second kappa shape index (κ2) is 7.97. The van der Waals surface area contributed by atoms with Gasteiger partial charge in [0.25, 0.3) is 0 Å². The van der Waals surface area contributed by atoms with E-state index < -0.39 is 0 Å². The number of benzene rings is 2. The summed E-state index contributed by atoms with van der Waals surface area (Å²) in [5.41, 5.74) is 4.41. The molecule has 0 fully saturated rings. The van der Waals surface area contributed by atoms with Crippen molar-refractivity contribution in [2.75, 3.05) is 22.1 Å². The van der Waals surface area contributed by atoms with Gasteiger partial charge in [0.2, 0.25) is 0 Å². The first-order valence-corrected chi connectivity index (χ1v) is 8.41. The van der Waals surface area contributed by atoms with Crippen LogP contribution in [0.1, 0.15) is 26.3 Å². The molecule has 2 rings (SSSR count). The Morgan fingerprint density at radius 2 is 1.70 bits per heavy atom. The van der Waals surface area contributed by atoms with E-state index >= 15 is 0 Å². The van der Waals surface area contributed by atoms with Gasteiger partial charge >= 0.3 is 0 Å². The van der Waals surface area contributed by atoms with Gasteiger partial charge < -0.3 is 15.5 Å². The van der Waals surface area contributed by atoms with Gasteiger partial charge in [0.05, 0.1) is 0 Å². The van der Waals surface area contributed by atoms with Gasteiger partial charge in [-0.05, 0) is 81.9 Å². The highest BCUT2D eigenvalue weighted by atomic mass is 32.1. The lowest BCUT2D eigenvalue weighted by Crippen LogP contribution is -2.30. The first kappa shape index (κ1) is 17.3. The van der Waals surface area contributed by atoms with E-state index in [2.05, 4.69) is 79.6 Å². The fraction of sp³-hybridized carbons (Fsp3) is 0.316. The van der Waals surface area contributed by atoms with Gasteiger partial charge in [-0.1, -0.05) is 12.1 Å². The minimum Gasteiger partial charge on any atom is -0.369 e. The van der Waals surface area contributed by atoms with Gasteiger partial charge in [-0.3, -0.25) is 0 Å². The van der Waals surface area contributed by atoms with Crippen LogP contribution in [-0.2, 0) is 0 Å². The number of hydrogen-bond acceptors (Lipinski definition) is 2. The Labute approximate surface area is 144 Å². The summed E-state index contributed by atoms with van der Waals surface area (Å²) in [7, 11) is 0. The van der Waals surface area contributed by atoms with E-state index in [1.54, 1.807) is 0 Å². The maximum Gasteiger partial charge on any atom is 0.175 e. The van der Waals surface area contributed by atoms with Gasteiger partial charge in [-0.25, -0.2) is 0 Å². The van der Waals surface area contributed by atoms with Crippen molar-refractivity contribution in [2.24, 2.45) is 0 Å². The third-order valence-electron chi connectivity index (χ3n) is 3.70. The van der Waals surface area contributed by atoms with Gasteiger partial charge in [-0.15, -0.1) is 0 Å². The third kappa shape index (κ3) is 4.96. The monoisotopic (exact) mass is 327 g/mol. The molecule has 2 N–H and O–H groups in total. The minimum atomic E-state index is 0.489. The molecule has 0 aliphatic carbocycles. The molecule has 0 saturated heterocycles. The van der Waals surface area contributed by atoms with Crippen molar-refractivity contribution >= 4 is 34.4 Å². The maximum absolute atomic E-state index is 5.38. The van der Waals surface area contributed by atoms with Crippen molar-refractivity contribution in [2.45, 2.75) is 33.7 Å². The highest BCUT2D eigenvalue weighted by Gasteiger charge is 2.08. The predicted molar refractivity (Wildman–Crippen MR) is 106 cm³/mol. The number of aryl methyl sites for hydroxylation is 1. The summed E-state index contributed by atoms with van der Waals surface area (Å²) < 4.78 is 0. The molecule has 0 heterocycles. The summed E-state index contributed by atoms with van der Waals surface area (Å²) in [5.74, 6) is 0. The zero-order valence-corrected chi connectivity index (χ0v) is 15.1. The van der Waals surface area contributed by atoms with E-state index in [-0.39, 0.29) is 0 Å². The SMILES string of the molecule is CCN(c1ccc(NC(=S)Nc2cccc(C)c2)cc1)C(C)C. The molecule has 0 aromatic heterocycles. The second-order valence-corrected chi connectivity index (χ2v) is 6.28. The smallest absolute Gasteiger partial charge is 0.175 e.